The van der Waals surface area contributed by atoms with E-state index >= 15 is 0 Å². The van der Waals surface area contributed by atoms with Crippen LogP contribution in [0.1, 0.15) is 71.6 Å². The van der Waals surface area contributed by atoms with Gasteiger partial charge < -0.3 is 0 Å². The Morgan fingerprint density at radius 3 is 2.62 bits per heavy atom. The summed E-state index contributed by atoms with van der Waals surface area (Å²) in [5.74, 6) is 3.66. The van der Waals surface area contributed by atoms with Crippen molar-refractivity contribution >= 4 is 5.78 Å². The Hall–Kier alpha value is -0.590. The first-order valence-electron chi connectivity index (χ1n) is 9.19. The minimum Gasteiger partial charge on any atom is -0.294 e. The smallest absolute Gasteiger partial charge is 0.164 e. The predicted octanol–water partition coefficient (Wildman–Crippen LogP) is 5.15. The number of hydrogen-bond acceptors (Lipinski definition) is 1. The van der Waals surface area contributed by atoms with Crippen molar-refractivity contribution in [3.8, 4) is 0 Å². The molecular formula is C20H30O. The Labute approximate surface area is 129 Å². The number of allylic oxidation sites excluding steroid dienone is 1. The van der Waals surface area contributed by atoms with Crippen LogP contribution in [0.4, 0.5) is 0 Å². The molecule has 0 bridgehead atoms. The summed E-state index contributed by atoms with van der Waals surface area (Å²) in [5.41, 5.74) is 1.45. The summed E-state index contributed by atoms with van der Waals surface area (Å²) in [5, 5.41) is 0. The molecule has 0 radical (unpaired) electrons. The molecule has 21 heavy (non-hydrogen) atoms. The number of carbonyl (C=O) groups excluding carboxylic acids is 1. The third-order valence-electron chi connectivity index (χ3n) is 8.28. The molecular weight excluding hydrogens is 256 g/mol. The molecule has 4 aliphatic rings. The maximum Gasteiger partial charge on any atom is 0.164 e. The van der Waals surface area contributed by atoms with Gasteiger partial charge in [-0.3, -0.25) is 4.79 Å². The summed E-state index contributed by atoms with van der Waals surface area (Å²) in [7, 11) is 0. The van der Waals surface area contributed by atoms with Crippen LogP contribution in [0, 0.1) is 34.5 Å². The summed E-state index contributed by atoms with van der Waals surface area (Å²) < 4.78 is 0. The Balaban J connectivity index is 1.68. The third kappa shape index (κ3) is 1.72. The van der Waals surface area contributed by atoms with Crippen molar-refractivity contribution in [2.75, 3.05) is 0 Å². The van der Waals surface area contributed by atoms with Gasteiger partial charge in [0.1, 0.15) is 0 Å². The number of carbonyl (C=O) groups is 1. The highest BCUT2D eigenvalue weighted by Crippen LogP contribution is 2.65. The fourth-order valence-corrected chi connectivity index (χ4v) is 7.04. The first kappa shape index (κ1) is 14.0. The van der Waals surface area contributed by atoms with Crippen LogP contribution in [0.25, 0.3) is 0 Å². The van der Waals surface area contributed by atoms with E-state index < -0.39 is 0 Å². The van der Waals surface area contributed by atoms with E-state index in [1.165, 1.54) is 44.9 Å². The fourth-order valence-electron chi connectivity index (χ4n) is 7.04. The van der Waals surface area contributed by atoms with E-state index in [2.05, 4.69) is 20.4 Å². The average molecular weight is 286 g/mol. The number of rotatable bonds is 0. The Morgan fingerprint density at radius 2 is 1.81 bits per heavy atom. The number of hydrogen-bond donors (Lipinski definition) is 0. The Morgan fingerprint density at radius 1 is 1.00 bits per heavy atom. The highest BCUT2D eigenvalue weighted by molar-refractivity contribution is 6.02. The molecule has 0 aromatic rings. The highest BCUT2D eigenvalue weighted by Gasteiger charge is 2.60. The lowest BCUT2D eigenvalue weighted by Crippen LogP contribution is -2.52. The zero-order valence-electron chi connectivity index (χ0n) is 13.8. The van der Waals surface area contributed by atoms with Gasteiger partial charge in [-0.25, -0.2) is 0 Å². The van der Waals surface area contributed by atoms with Gasteiger partial charge in [0.25, 0.3) is 0 Å². The fraction of sp³-hybridized carbons (Fsp3) is 0.850. The zero-order chi connectivity index (χ0) is 14.8. The largest absolute Gasteiger partial charge is 0.294 e. The van der Waals surface area contributed by atoms with Crippen molar-refractivity contribution in [1.82, 2.24) is 0 Å². The summed E-state index contributed by atoms with van der Waals surface area (Å²) >= 11 is 0. The van der Waals surface area contributed by atoms with Gasteiger partial charge in [-0.05, 0) is 79.6 Å². The van der Waals surface area contributed by atoms with E-state index in [1.54, 1.807) is 0 Å². The van der Waals surface area contributed by atoms with Crippen LogP contribution in [-0.4, -0.2) is 5.78 Å². The van der Waals surface area contributed by atoms with Crippen molar-refractivity contribution in [2.45, 2.75) is 71.6 Å². The minimum absolute atomic E-state index is 0.0594. The third-order valence-corrected chi connectivity index (χ3v) is 8.28. The number of fused-ring (bicyclic) bond motifs is 5. The molecule has 4 rings (SSSR count). The molecule has 0 aromatic carbocycles. The molecule has 6 atom stereocenters. The molecule has 4 saturated carbocycles. The van der Waals surface area contributed by atoms with Crippen molar-refractivity contribution in [3.63, 3.8) is 0 Å². The molecule has 0 aromatic heterocycles. The van der Waals surface area contributed by atoms with E-state index in [1.807, 2.05) is 0 Å². The molecule has 116 valence electrons. The normalized spacial score (nSPS) is 53.0. The van der Waals surface area contributed by atoms with E-state index in [0.717, 1.165) is 36.2 Å². The maximum absolute atomic E-state index is 12.6. The predicted molar refractivity (Wildman–Crippen MR) is 85.9 cm³/mol. The van der Waals surface area contributed by atoms with Crippen LogP contribution >= 0.6 is 0 Å². The average Bonchev–Trinajstić information content (AvgIpc) is 2.70. The quantitative estimate of drug-likeness (QED) is 0.562. The molecule has 0 spiro atoms. The van der Waals surface area contributed by atoms with Crippen LogP contribution in [-0.2, 0) is 4.79 Å². The highest BCUT2D eigenvalue weighted by atomic mass is 16.1. The summed E-state index contributed by atoms with van der Waals surface area (Å²) in [6.45, 7) is 8.94. The van der Waals surface area contributed by atoms with Gasteiger partial charge in [-0.15, -0.1) is 0 Å². The molecule has 1 heteroatoms. The van der Waals surface area contributed by atoms with Crippen LogP contribution < -0.4 is 0 Å². The summed E-state index contributed by atoms with van der Waals surface area (Å²) in [4.78, 5) is 12.6. The van der Waals surface area contributed by atoms with Crippen molar-refractivity contribution < 1.29 is 4.79 Å². The lowest BCUT2D eigenvalue weighted by molar-refractivity contribution is -0.137. The van der Waals surface area contributed by atoms with Crippen molar-refractivity contribution in [2.24, 2.45) is 34.5 Å². The van der Waals surface area contributed by atoms with Gasteiger partial charge in [0.15, 0.2) is 5.78 Å². The second-order valence-corrected chi connectivity index (χ2v) is 9.00. The molecule has 4 fully saturated rings. The second kappa shape index (κ2) is 4.46. The molecule has 0 saturated heterocycles. The molecule has 0 heterocycles. The first-order valence-corrected chi connectivity index (χ1v) is 9.19. The Bertz CT molecular complexity index is 492. The number of ketones is 1. The molecule has 0 N–H and O–H groups in total. The van der Waals surface area contributed by atoms with E-state index in [-0.39, 0.29) is 5.41 Å². The first-order chi connectivity index (χ1) is 9.97. The molecule has 4 aliphatic carbocycles. The lowest BCUT2D eigenvalue weighted by Gasteiger charge is -2.59. The maximum atomic E-state index is 12.6. The van der Waals surface area contributed by atoms with Crippen molar-refractivity contribution in [3.05, 3.63) is 12.2 Å². The van der Waals surface area contributed by atoms with E-state index in [0.29, 0.717) is 17.1 Å². The van der Waals surface area contributed by atoms with Gasteiger partial charge in [0.2, 0.25) is 0 Å². The van der Waals surface area contributed by atoms with Gasteiger partial charge in [0.05, 0.1) is 0 Å². The van der Waals surface area contributed by atoms with Gasteiger partial charge in [-0.1, -0.05) is 33.3 Å². The topological polar surface area (TPSA) is 17.1 Å². The monoisotopic (exact) mass is 286 g/mol. The zero-order valence-corrected chi connectivity index (χ0v) is 13.8. The van der Waals surface area contributed by atoms with Crippen LogP contribution in [0.2, 0.25) is 0 Å². The number of Topliss-reactive ketones (excluding diaryl/α,β-unsaturated/α-hetero) is 1. The summed E-state index contributed by atoms with van der Waals surface area (Å²) in [6.07, 6.45) is 12.0. The second-order valence-electron chi connectivity index (χ2n) is 9.00. The summed E-state index contributed by atoms with van der Waals surface area (Å²) in [6, 6.07) is 0. The van der Waals surface area contributed by atoms with Gasteiger partial charge >= 0.3 is 0 Å². The molecule has 1 nitrogen and oxygen atoms in total. The van der Waals surface area contributed by atoms with E-state index in [4.69, 9.17) is 0 Å². The van der Waals surface area contributed by atoms with Crippen LogP contribution in [0.3, 0.4) is 0 Å². The standard InChI is InChI=1S/C20H30O/c1-13-12-17-15-8-7-14-6-4-5-10-19(14,2)16(15)9-11-20(17,3)18(13)21/h14-17H,1,4-12H2,2-3H3/t14?,15-,16+,17+,19+,20+/m1/s1. The SMILES string of the molecule is C=C1C[C@H]2[C@@H]3CCC4CCCC[C@]4(C)[C@H]3CC[C@]2(C)C1=O. The van der Waals surface area contributed by atoms with Gasteiger partial charge in [-0.2, -0.15) is 0 Å². The molecule has 0 amide bonds. The van der Waals surface area contributed by atoms with Crippen LogP contribution in [0.5, 0.6) is 0 Å². The molecule has 0 aliphatic heterocycles. The van der Waals surface area contributed by atoms with E-state index in [9.17, 15) is 4.79 Å². The van der Waals surface area contributed by atoms with Gasteiger partial charge in [0, 0.05) is 5.41 Å². The molecule has 1 unspecified atom stereocenters. The minimum atomic E-state index is -0.0594. The lowest BCUT2D eigenvalue weighted by atomic mass is 9.45. The van der Waals surface area contributed by atoms with Crippen molar-refractivity contribution in [1.29, 1.82) is 0 Å². The Kier molecular flexibility index (Phi) is 2.98. The van der Waals surface area contributed by atoms with Crippen LogP contribution in [0.15, 0.2) is 12.2 Å².